The fourth-order valence-corrected chi connectivity index (χ4v) is 3.33. The maximum absolute atomic E-state index is 12.9. The molecular weight excluding hydrogens is 373 g/mol. The molecule has 1 aliphatic heterocycles. The molecule has 4 rings (SSSR count). The summed E-state index contributed by atoms with van der Waals surface area (Å²) in [5.74, 6) is -0.142. The van der Waals surface area contributed by atoms with Crippen LogP contribution in [0, 0.1) is 0 Å². The second-order valence-corrected chi connectivity index (χ2v) is 6.75. The van der Waals surface area contributed by atoms with E-state index < -0.39 is 11.7 Å². The van der Waals surface area contributed by atoms with Gasteiger partial charge in [0.25, 0.3) is 0 Å². The summed E-state index contributed by atoms with van der Waals surface area (Å²) in [5.41, 5.74) is 1.86. The molecule has 7 nitrogen and oxygen atoms in total. The zero-order valence-corrected chi connectivity index (χ0v) is 14.7. The van der Waals surface area contributed by atoms with Crippen molar-refractivity contribution >= 4 is 22.6 Å². The molecule has 1 aromatic carbocycles. The Labute approximate surface area is 157 Å². The number of carbonyl (C=O) groups is 1. The van der Waals surface area contributed by atoms with E-state index in [2.05, 4.69) is 25.7 Å². The third kappa shape index (κ3) is 3.90. The van der Waals surface area contributed by atoms with E-state index >= 15 is 0 Å². The lowest BCUT2D eigenvalue weighted by Gasteiger charge is -2.20. The highest BCUT2D eigenvalue weighted by molar-refractivity contribution is 5.81. The average molecular weight is 390 g/mol. The lowest BCUT2D eigenvalue weighted by molar-refractivity contribution is -0.137. The average Bonchev–Trinajstić information content (AvgIpc) is 3.30. The molecule has 1 saturated heterocycles. The molecule has 3 aromatic rings. The highest BCUT2D eigenvalue weighted by Crippen LogP contribution is 2.31. The van der Waals surface area contributed by atoms with Crippen molar-refractivity contribution in [2.45, 2.75) is 25.1 Å². The van der Waals surface area contributed by atoms with Crippen LogP contribution in [0.3, 0.4) is 0 Å². The van der Waals surface area contributed by atoms with Crippen LogP contribution in [-0.2, 0) is 17.4 Å². The Morgan fingerprint density at radius 1 is 1.21 bits per heavy atom. The second kappa shape index (κ2) is 7.10. The number of benzene rings is 1. The third-order valence-corrected chi connectivity index (χ3v) is 4.72. The largest absolute Gasteiger partial charge is 0.417 e. The smallest absolute Gasteiger partial charge is 0.368 e. The number of H-pyrrole nitrogens is 1. The van der Waals surface area contributed by atoms with Gasteiger partial charge in [-0.2, -0.15) is 28.6 Å². The third-order valence-electron chi connectivity index (χ3n) is 4.72. The van der Waals surface area contributed by atoms with E-state index in [9.17, 15) is 18.0 Å². The number of anilines is 1. The van der Waals surface area contributed by atoms with Crippen molar-refractivity contribution < 1.29 is 18.0 Å². The van der Waals surface area contributed by atoms with Gasteiger partial charge in [0.1, 0.15) is 11.0 Å². The predicted octanol–water partition coefficient (Wildman–Crippen LogP) is 2.31. The van der Waals surface area contributed by atoms with E-state index in [0.29, 0.717) is 30.7 Å². The van der Waals surface area contributed by atoms with Gasteiger partial charge in [-0.15, -0.1) is 0 Å². The fraction of sp³-hybridized carbons (Fsp3) is 0.333. The molecule has 1 amide bonds. The first-order valence-electron chi connectivity index (χ1n) is 8.74. The van der Waals surface area contributed by atoms with Crippen LogP contribution in [0.2, 0.25) is 0 Å². The van der Waals surface area contributed by atoms with Crippen molar-refractivity contribution in [1.29, 1.82) is 0 Å². The van der Waals surface area contributed by atoms with Gasteiger partial charge in [-0.1, -0.05) is 6.07 Å². The van der Waals surface area contributed by atoms with E-state index in [1.807, 2.05) is 6.07 Å². The first kappa shape index (κ1) is 18.2. The zero-order valence-electron chi connectivity index (χ0n) is 14.7. The van der Waals surface area contributed by atoms with E-state index in [0.717, 1.165) is 23.3 Å². The van der Waals surface area contributed by atoms with Crippen molar-refractivity contribution in [2.75, 3.05) is 18.0 Å². The fourth-order valence-electron chi connectivity index (χ4n) is 3.33. The molecule has 0 bridgehead atoms. The molecule has 2 N–H and O–H groups in total. The van der Waals surface area contributed by atoms with Gasteiger partial charge < -0.3 is 10.2 Å². The van der Waals surface area contributed by atoms with Crippen molar-refractivity contribution in [3.05, 3.63) is 47.8 Å². The summed E-state index contributed by atoms with van der Waals surface area (Å²) in [4.78, 5) is 17.8. The summed E-state index contributed by atoms with van der Waals surface area (Å²) in [6.07, 6.45) is -1.35. The van der Waals surface area contributed by atoms with Gasteiger partial charge >= 0.3 is 6.18 Å². The van der Waals surface area contributed by atoms with Crippen LogP contribution in [0.5, 0.6) is 0 Å². The topological polar surface area (TPSA) is 86.8 Å². The summed E-state index contributed by atoms with van der Waals surface area (Å²) in [6.45, 7) is 0.996. The van der Waals surface area contributed by atoms with Gasteiger partial charge in [0.2, 0.25) is 5.91 Å². The number of fused-ring (bicyclic) bond motifs is 1. The monoisotopic (exact) mass is 390 g/mol. The lowest BCUT2D eigenvalue weighted by atomic mass is 10.1. The van der Waals surface area contributed by atoms with Crippen LogP contribution in [0.4, 0.5) is 18.9 Å². The Bertz CT molecular complexity index is 1000. The minimum atomic E-state index is -4.43. The molecule has 1 fully saturated rings. The van der Waals surface area contributed by atoms with Crippen LogP contribution < -0.4 is 10.2 Å². The second-order valence-electron chi connectivity index (χ2n) is 6.75. The van der Waals surface area contributed by atoms with E-state index in [4.69, 9.17) is 0 Å². The van der Waals surface area contributed by atoms with Crippen LogP contribution in [-0.4, -0.2) is 45.4 Å². The maximum atomic E-state index is 12.9. The molecule has 1 aliphatic rings. The molecule has 28 heavy (non-hydrogen) atoms. The summed E-state index contributed by atoms with van der Waals surface area (Å²) >= 11 is 0. The molecule has 0 aliphatic carbocycles. The van der Waals surface area contributed by atoms with Gasteiger partial charge in [0, 0.05) is 25.3 Å². The number of hydrogen-bond donors (Lipinski definition) is 2. The van der Waals surface area contributed by atoms with E-state index in [-0.39, 0.29) is 18.4 Å². The molecule has 0 radical (unpaired) electrons. The van der Waals surface area contributed by atoms with Crippen molar-refractivity contribution in [3.8, 4) is 0 Å². The van der Waals surface area contributed by atoms with Gasteiger partial charge in [0.05, 0.1) is 23.9 Å². The quantitative estimate of drug-likeness (QED) is 0.714. The summed E-state index contributed by atoms with van der Waals surface area (Å²) < 4.78 is 38.6. The minimum absolute atomic E-state index is 0.127. The zero-order chi connectivity index (χ0) is 19.7. The standard InChI is InChI=1S/C18H17F3N6O/c19-18(20,21)12-7-14(9-22-8-12)27-4-3-13(10-27)23-17(28)6-11-1-2-15-16(5-11)25-26-24-15/h1-2,5,7-9,13H,3-4,6,10H2,(H,23,28)(H,24,25,26). The number of rotatable bonds is 4. The summed E-state index contributed by atoms with van der Waals surface area (Å²) in [5, 5.41) is 13.4. The van der Waals surface area contributed by atoms with Crippen LogP contribution in [0.15, 0.2) is 36.7 Å². The first-order chi connectivity index (χ1) is 13.4. The summed E-state index contributed by atoms with van der Waals surface area (Å²) in [6, 6.07) is 6.37. The Hall–Kier alpha value is -3.17. The Kier molecular flexibility index (Phi) is 4.62. The predicted molar refractivity (Wildman–Crippen MR) is 95.6 cm³/mol. The maximum Gasteiger partial charge on any atom is 0.417 e. The lowest BCUT2D eigenvalue weighted by Crippen LogP contribution is -2.38. The number of nitrogens with one attached hydrogen (secondary N) is 2. The molecule has 2 aromatic heterocycles. The van der Waals surface area contributed by atoms with Crippen molar-refractivity contribution in [3.63, 3.8) is 0 Å². The van der Waals surface area contributed by atoms with Gasteiger partial charge in [-0.25, -0.2) is 0 Å². The van der Waals surface area contributed by atoms with Crippen LogP contribution in [0.1, 0.15) is 17.5 Å². The van der Waals surface area contributed by atoms with E-state index in [1.165, 1.54) is 6.20 Å². The number of nitrogens with zero attached hydrogens (tertiary/aromatic N) is 4. The normalized spacial score (nSPS) is 17.2. The number of halogens is 3. The molecule has 0 spiro atoms. The van der Waals surface area contributed by atoms with Crippen molar-refractivity contribution in [2.24, 2.45) is 0 Å². The van der Waals surface area contributed by atoms with Gasteiger partial charge in [-0.3, -0.25) is 9.78 Å². The van der Waals surface area contributed by atoms with Gasteiger partial charge in [0.15, 0.2) is 0 Å². The number of pyridine rings is 1. The van der Waals surface area contributed by atoms with E-state index in [1.54, 1.807) is 17.0 Å². The number of aromatic amines is 1. The van der Waals surface area contributed by atoms with Crippen LogP contribution >= 0.6 is 0 Å². The Morgan fingerprint density at radius 2 is 2.04 bits per heavy atom. The minimum Gasteiger partial charge on any atom is -0.368 e. The molecule has 10 heteroatoms. The molecule has 0 saturated carbocycles. The molecule has 1 unspecified atom stereocenters. The number of hydrogen-bond acceptors (Lipinski definition) is 5. The number of alkyl halides is 3. The molecule has 3 heterocycles. The Balaban J connectivity index is 1.36. The molecule has 146 valence electrons. The number of carbonyl (C=O) groups excluding carboxylic acids is 1. The summed E-state index contributed by atoms with van der Waals surface area (Å²) in [7, 11) is 0. The highest BCUT2D eigenvalue weighted by atomic mass is 19.4. The molecular formula is C18H17F3N6O. The van der Waals surface area contributed by atoms with Gasteiger partial charge in [-0.05, 0) is 30.2 Å². The SMILES string of the molecule is O=C(Cc1ccc2n[nH]nc2c1)NC1CCN(c2cncc(C(F)(F)F)c2)C1. The van der Waals surface area contributed by atoms with Crippen molar-refractivity contribution in [1.82, 2.24) is 25.7 Å². The number of aromatic nitrogens is 4. The van der Waals surface area contributed by atoms with Crippen LogP contribution in [0.25, 0.3) is 11.0 Å². The first-order valence-corrected chi connectivity index (χ1v) is 8.74. The number of amides is 1. The highest BCUT2D eigenvalue weighted by Gasteiger charge is 2.32. The molecule has 1 atom stereocenters. The Morgan fingerprint density at radius 3 is 2.86 bits per heavy atom.